The average molecular weight is 398 g/mol. The summed E-state index contributed by atoms with van der Waals surface area (Å²) in [5, 5.41) is 3.01. The molecule has 30 heavy (non-hydrogen) atoms. The molecule has 2 aromatic carbocycles. The highest BCUT2D eigenvalue weighted by Gasteiger charge is 2.24. The third-order valence-corrected chi connectivity index (χ3v) is 5.12. The van der Waals surface area contributed by atoms with Gasteiger partial charge in [-0.2, -0.15) is 0 Å². The van der Waals surface area contributed by atoms with Crippen molar-refractivity contribution in [1.82, 2.24) is 10.3 Å². The van der Waals surface area contributed by atoms with E-state index in [-0.39, 0.29) is 17.5 Å². The number of rotatable bonds is 6. The zero-order chi connectivity index (χ0) is 20.9. The predicted molar refractivity (Wildman–Crippen MR) is 116 cm³/mol. The van der Waals surface area contributed by atoms with Crippen LogP contribution < -0.4 is 10.9 Å². The maximum Gasteiger partial charge on any atom is 0.261 e. The molecule has 1 atom stereocenters. The Hall–Kier alpha value is -3.86. The first-order valence-corrected chi connectivity index (χ1v) is 9.81. The third kappa shape index (κ3) is 4.10. The lowest BCUT2D eigenvalue weighted by atomic mass is 9.85. The van der Waals surface area contributed by atoms with E-state index in [0.29, 0.717) is 11.5 Å². The lowest BCUT2D eigenvalue weighted by molar-refractivity contribution is 0.0935. The predicted octanol–water partition coefficient (Wildman–Crippen LogP) is 4.59. The molecule has 4 aromatic rings. The normalized spacial score (nSPS) is 11.9. The van der Waals surface area contributed by atoms with Crippen LogP contribution in [-0.2, 0) is 0 Å². The molecule has 2 N–H and O–H groups in total. The molecule has 5 nitrogen and oxygen atoms in total. The number of aromatic nitrogens is 1. The molecule has 0 saturated heterocycles. The minimum absolute atomic E-state index is 0.0437. The van der Waals surface area contributed by atoms with E-state index in [1.54, 1.807) is 18.2 Å². The van der Waals surface area contributed by atoms with Crippen molar-refractivity contribution in [3.8, 4) is 11.5 Å². The molecule has 2 heterocycles. The number of nitrogens with one attached hydrogen (secondary N) is 2. The van der Waals surface area contributed by atoms with Crippen molar-refractivity contribution in [3.05, 3.63) is 118 Å². The topological polar surface area (TPSA) is 75.1 Å². The fourth-order valence-corrected chi connectivity index (χ4v) is 3.69. The van der Waals surface area contributed by atoms with E-state index in [1.807, 2.05) is 67.6 Å². The SMILES string of the molecule is CC(NC(=O)c1ccc(-c2ccco2)[nH]c1=O)C(c1ccccc1)c1ccccc1. The number of hydrogen-bond donors (Lipinski definition) is 2. The van der Waals surface area contributed by atoms with Gasteiger partial charge in [0.25, 0.3) is 11.5 Å². The largest absolute Gasteiger partial charge is 0.463 e. The summed E-state index contributed by atoms with van der Waals surface area (Å²) >= 11 is 0. The molecule has 5 heteroatoms. The Bertz CT molecular complexity index is 1130. The van der Waals surface area contributed by atoms with Gasteiger partial charge in [0.15, 0.2) is 0 Å². The van der Waals surface area contributed by atoms with Crippen molar-refractivity contribution in [1.29, 1.82) is 0 Å². The lowest BCUT2D eigenvalue weighted by Gasteiger charge is -2.26. The van der Waals surface area contributed by atoms with Crippen molar-refractivity contribution in [2.75, 3.05) is 0 Å². The second-order valence-electron chi connectivity index (χ2n) is 7.15. The van der Waals surface area contributed by atoms with E-state index in [4.69, 9.17) is 4.42 Å². The standard InChI is InChI=1S/C25H22N2O3/c1-17(23(18-9-4-2-5-10-18)19-11-6-3-7-12-19)26-24(28)20-14-15-21(27-25(20)29)22-13-8-16-30-22/h2-17,23H,1H3,(H,26,28)(H,27,29). The summed E-state index contributed by atoms with van der Waals surface area (Å²) in [6.07, 6.45) is 1.53. The number of furan rings is 1. The van der Waals surface area contributed by atoms with Crippen LogP contribution in [0, 0.1) is 0 Å². The summed E-state index contributed by atoms with van der Waals surface area (Å²) in [4.78, 5) is 28.1. The number of aromatic amines is 1. The van der Waals surface area contributed by atoms with Gasteiger partial charge in [0.05, 0.1) is 12.0 Å². The highest BCUT2D eigenvalue weighted by atomic mass is 16.3. The van der Waals surface area contributed by atoms with E-state index >= 15 is 0 Å². The van der Waals surface area contributed by atoms with Crippen LogP contribution in [0.2, 0.25) is 0 Å². The first kappa shape index (κ1) is 19.5. The minimum atomic E-state index is -0.454. The second-order valence-corrected chi connectivity index (χ2v) is 7.15. The minimum Gasteiger partial charge on any atom is -0.463 e. The molecular formula is C25H22N2O3. The number of H-pyrrole nitrogens is 1. The Morgan fingerprint density at radius 1 is 0.867 bits per heavy atom. The molecule has 0 saturated carbocycles. The molecule has 1 unspecified atom stereocenters. The Morgan fingerprint density at radius 3 is 2.03 bits per heavy atom. The number of pyridine rings is 1. The van der Waals surface area contributed by atoms with Gasteiger partial charge in [-0.3, -0.25) is 9.59 Å². The molecule has 4 rings (SSSR count). The highest BCUT2D eigenvalue weighted by molar-refractivity contribution is 5.94. The van der Waals surface area contributed by atoms with Crippen LogP contribution in [0.25, 0.3) is 11.5 Å². The molecule has 1 amide bonds. The van der Waals surface area contributed by atoms with Crippen LogP contribution in [0.3, 0.4) is 0 Å². The molecule has 0 bridgehead atoms. The van der Waals surface area contributed by atoms with Crippen molar-refractivity contribution < 1.29 is 9.21 Å². The average Bonchev–Trinajstić information content (AvgIpc) is 3.30. The molecule has 0 aliphatic heterocycles. The van der Waals surface area contributed by atoms with E-state index in [0.717, 1.165) is 11.1 Å². The Balaban J connectivity index is 1.59. The number of carbonyl (C=O) groups is 1. The van der Waals surface area contributed by atoms with Gasteiger partial charge < -0.3 is 14.7 Å². The first-order valence-electron chi connectivity index (χ1n) is 9.81. The number of carbonyl (C=O) groups excluding carboxylic acids is 1. The van der Waals surface area contributed by atoms with Gasteiger partial charge in [0, 0.05) is 12.0 Å². The summed E-state index contributed by atoms with van der Waals surface area (Å²) in [6.45, 7) is 1.95. The zero-order valence-corrected chi connectivity index (χ0v) is 16.5. The number of benzene rings is 2. The highest BCUT2D eigenvalue weighted by Crippen LogP contribution is 2.28. The first-order chi connectivity index (χ1) is 14.6. The van der Waals surface area contributed by atoms with Crippen LogP contribution in [0.4, 0.5) is 0 Å². The summed E-state index contributed by atoms with van der Waals surface area (Å²) in [5.41, 5.74) is 2.33. The van der Waals surface area contributed by atoms with E-state index in [2.05, 4.69) is 10.3 Å². The van der Waals surface area contributed by atoms with E-state index in [1.165, 1.54) is 12.3 Å². The van der Waals surface area contributed by atoms with Crippen molar-refractivity contribution in [2.24, 2.45) is 0 Å². The van der Waals surface area contributed by atoms with Crippen LogP contribution in [0.15, 0.2) is 100 Å². The summed E-state index contributed by atoms with van der Waals surface area (Å²) in [6, 6.07) is 26.5. The number of hydrogen-bond acceptors (Lipinski definition) is 3. The van der Waals surface area contributed by atoms with Gasteiger partial charge in [0.2, 0.25) is 0 Å². The molecule has 0 fully saturated rings. The maximum atomic E-state index is 12.9. The summed E-state index contributed by atoms with van der Waals surface area (Å²) in [5.74, 6) is 0.0880. The van der Waals surface area contributed by atoms with Crippen LogP contribution in [-0.4, -0.2) is 16.9 Å². The second kappa shape index (κ2) is 8.66. The monoisotopic (exact) mass is 398 g/mol. The molecular weight excluding hydrogens is 376 g/mol. The van der Waals surface area contributed by atoms with E-state index < -0.39 is 11.5 Å². The fourth-order valence-electron chi connectivity index (χ4n) is 3.69. The molecule has 0 radical (unpaired) electrons. The van der Waals surface area contributed by atoms with Gasteiger partial charge in [-0.15, -0.1) is 0 Å². The molecule has 0 aliphatic rings. The Morgan fingerprint density at radius 2 is 1.50 bits per heavy atom. The molecule has 0 aliphatic carbocycles. The van der Waals surface area contributed by atoms with Crippen LogP contribution in [0.1, 0.15) is 34.3 Å². The molecule has 150 valence electrons. The third-order valence-electron chi connectivity index (χ3n) is 5.12. The van der Waals surface area contributed by atoms with Crippen LogP contribution in [0.5, 0.6) is 0 Å². The van der Waals surface area contributed by atoms with Crippen molar-refractivity contribution in [3.63, 3.8) is 0 Å². The quantitative estimate of drug-likeness (QED) is 0.499. The summed E-state index contributed by atoms with van der Waals surface area (Å²) < 4.78 is 5.30. The molecule has 0 spiro atoms. The zero-order valence-electron chi connectivity index (χ0n) is 16.5. The van der Waals surface area contributed by atoms with Crippen LogP contribution >= 0.6 is 0 Å². The van der Waals surface area contributed by atoms with Gasteiger partial charge in [-0.25, -0.2) is 0 Å². The molecule has 2 aromatic heterocycles. The van der Waals surface area contributed by atoms with Gasteiger partial charge in [-0.1, -0.05) is 60.7 Å². The van der Waals surface area contributed by atoms with E-state index in [9.17, 15) is 9.59 Å². The fraction of sp³-hybridized carbons (Fsp3) is 0.120. The van der Waals surface area contributed by atoms with Gasteiger partial charge in [-0.05, 0) is 42.3 Å². The Kier molecular flexibility index (Phi) is 5.61. The smallest absolute Gasteiger partial charge is 0.261 e. The lowest BCUT2D eigenvalue weighted by Crippen LogP contribution is -2.39. The number of amides is 1. The van der Waals surface area contributed by atoms with Gasteiger partial charge >= 0.3 is 0 Å². The Labute approximate surface area is 174 Å². The maximum absolute atomic E-state index is 12.9. The van der Waals surface area contributed by atoms with Crippen molar-refractivity contribution >= 4 is 5.91 Å². The summed E-state index contributed by atoms with van der Waals surface area (Å²) in [7, 11) is 0. The van der Waals surface area contributed by atoms with Crippen molar-refractivity contribution in [2.45, 2.75) is 18.9 Å². The van der Waals surface area contributed by atoms with Gasteiger partial charge in [0.1, 0.15) is 11.3 Å².